The number of rotatable bonds is 4. The van der Waals surface area contributed by atoms with Crippen molar-refractivity contribution in [2.45, 2.75) is 13.0 Å². The number of benzene rings is 2. The molecule has 0 radical (unpaired) electrons. The van der Waals surface area contributed by atoms with Gasteiger partial charge in [0.2, 0.25) is 5.82 Å². The van der Waals surface area contributed by atoms with E-state index in [9.17, 15) is 4.79 Å². The highest BCUT2D eigenvalue weighted by atomic mass is 35.5. The lowest BCUT2D eigenvalue weighted by Crippen LogP contribution is -2.29. The van der Waals surface area contributed by atoms with Crippen LogP contribution in [0.3, 0.4) is 0 Å². The maximum Gasteiger partial charge on any atom is 0.313 e. The molecule has 3 aromatic rings. The van der Waals surface area contributed by atoms with Crippen molar-refractivity contribution in [3.05, 3.63) is 65.0 Å². The topological polar surface area (TPSA) is 74.5 Å². The second-order valence-corrected chi connectivity index (χ2v) is 6.39. The van der Waals surface area contributed by atoms with Crippen molar-refractivity contribution in [1.82, 2.24) is 10.1 Å². The summed E-state index contributed by atoms with van der Waals surface area (Å²) in [5, 5.41) is 4.47. The lowest BCUT2D eigenvalue weighted by Gasteiger charge is -2.23. The molecular weight excluding hydrogens is 356 g/mol. The highest BCUT2D eigenvalue weighted by Gasteiger charge is 2.27. The van der Waals surface area contributed by atoms with Gasteiger partial charge in [0.25, 0.3) is 5.89 Å². The average molecular weight is 371 g/mol. The molecule has 6 nitrogen and oxygen atoms in total. The number of nitrogens with zero attached hydrogens (tertiary/aromatic N) is 2. The molecule has 26 heavy (non-hydrogen) atoms. The van der Waals surface area contributed by atoms with Crippen LogP contribution in [0.2, 0.25) is 5.02 Å². The SMILES string of the molecule is O=C(OCc1nc(-c2cccc(Cl)c2)no1)[C@@H]1COc2ccccc2C1. The van der Waals surface area contributed by atoms with Gasteiger partial charge >= 0.3 is 5.97 Å². The summed E-state index contributed by atoms with van der Waals surface area (Å²) in [6.45, 7) is 0.220. The molecule has 1 aliphatic rings. The smallest absolute Gasteiger partial charge is 0.313 e. The van der Waals surface area contributed by atoms with Crippen molar-refractivity contribution in [3.8, 4) is 17.1 Å². The van der Waals surface area contributed by atoms with Crippen molar-refractivity contribution in [2.24, 2.45) is 5.92 Å². The molecule has 0 N–H and O–H groups in total. The van der Waals surface area contributed by atoms with Gasteiger partial charge in [0.05, 0.1) is 5.92 Å². The number of ether oxygens (including phenoxy) is 2. The van der Waals surface area contributed by atoms with E-state index in [1.54, 1.807) is 18.2 Å². The van der Waals surface area contributed by atoms with Gasteiger partial charge in [0.1, 0.15) is 12.4 Å². The van der Waals surface area contributed by atoms with Crippen LogP contribution >= 0.6 is 11.6 Å². The molecule has 1 atom stereocenters. The zero-order valence-electron chi connectivity index (χ0n) is 13.7. The van der Waals surface area contributed by atoms with Crippen molar-refractivity contribution in [1.29, 1.82) is 0 Å². The molecule has 132 valence electrons. The molecule has 0 spiro atoms. The minimum absolute atomic E-state index is 0.0788. The van der Waals surface area contributed by atoms with Crippen molar-refractivity contribution in [3.63, 3.8) is 0 Å². The van der Waals surface area contributed by atoms with E-state index in [1.807, 2.05) is 30.3 Å². The first kappa shape index (κ1) is 16.6. The number of para-hydroxylation sites is 1. The second kappa shape index (κ2) is 7.17. The fourth-order valence-electron chi connectivity index (χ4n) is 2.79. The normalized spacial score (nSPS) is 15.8. The van der Waals surface area contributed by atoms with Crippen molar-refractivity contribution >= 4 is 17.6 Å². The maximum atomic E-state index is 12.3. The average Bonchev–Trinajstić information content (AvgIpc) is 3.15. The van der Waals surface area contributed by atoms with E-state index in [1.165, 1.54) is 0 Å². The van der Waals surface area contributed by atoms with E-state index >= 15 is 0 Å². The van der Waals surface area contributed by atoms with Crippen LogP contribution in [-0.4, -0.2) is 22.7 Å². The third-order valence-electron chi connectivity index (χ3n) is 4.10. The minimum atomic E-state index is -0.347. The van der Waals surface area contributed by atoms with E-state index < -0.39 is 0 Å². The molecule has 2 aromatic carbocycles. The number of halogens is 1. The van der Waals surface area contributed by atoms with Gasteiger partial charge in [-0.3, -0.25) is 4.79 Å². The summed E-state index contributed by atoms with van der Waals surface area (Å²) in [7, 11) is 0. The summed E-state index contributed by atoms with van der Waals surface area (Å²) in [5.41, 5.74) is 1.73. The van der Waals surface area contributed by atoms with Gasteiger partial charge in [-0.2, -0.15) is 4.98 Å². The first-order valence-electron chi connectivity index (χ1n) is 8.15. The molecule has 0 fully saturated rings. The summed E-state index contributed by atoms with van der Waals surface area (Å²) in [4.78, 5) is 16.5. The van der Waals surface area contributed by atoms with E-state index in [-0.39, 0.29) is 24.4 Å². The van der Waals surface area contributed by atoms with E-state index in [2.05, 4.69) is 10.1 Å². The molecule has 1 aliphatic heterocycles. The summed E-state index contributed by atoms with van der Waals surface area (Å²) < 4.78 is 16.1. The number of carbonyl (C=O) groups excluding carboxylic acids is 1. The van der Waals surface area contributed by atoms with E-state index in [0.29, 0.717) is 23.9 Å². The Balaban J connectivity index is 1.37. The van der Waals surface area contributed by atoms with Crippen LogP contribution in [0.25, 0.3) is 11.4 Å². The minimum Gasteiger partial charge on any atom is -0.492 e. The third kappa shape index (κ3) is 3.55. The van der Waals surface area contributed by atoms with Gasteiger partial charge in [-0.1, -0.05) is 47.1 Å². The van der Waals surface area contributed by atoms with Crippen molar-refractivity contribution in [2.75, 3.05) is 6.61 Å². The van der Waals surface area contributed by atoms with Crippen LogP contribution in [0, 0.1) is 5.92 Å². The van der Waals surface area contributed by atoms with Crippen LogP contribution in [-0.2, 0) is 22.6 Å². The number of carbonyl (C=O) groups is 1. The lowest BCUT2D eigenvalue weighted by molar-refractivity contribution is -0.152. The molecule has 2 heterocycles. The zero-order valence-corrected chi connectivity index (χ0v) is 14.5. The highest BCUT2D eigenvalue weighted by molar-refractivity contribution is 6.30. The highest BCUT2D eigenvalue weighted by Crippen LogP contribution is 2.27. The lowest BCUT2D eigenvalue weighted by atomic mass is 9.97. The van der Waals surface area contributed by atoms with Crippen LogP contribution < -0.4 is 4.74 Å². The Morgan fingerprint density at radius 1 is 1.23 bits per heavy atom. The Morgan fingerprint density at radius 3 is 3.00 bits per heavy atom. The third-order valence-corrected chi connectivity index (χ3v) is 4.34. The molecule has 0 saturated heterocycles. The molecule has 7 heteroatoms. The van der Waals surface area contributed by atoms with Crippen LogP contribution in [0.1, 0.15) is 11.5 Å². The number of hydrogen-bond acceptors (Lipinski definition) is 6. The first-order valence-corrected chi connectivity index (χ1v) is 8.53. The van der Waals surface area contributed by atoms with Gasteiger partial charge in [-0.25, -0.2) is 0 Å². The number of fused-ring (bicyclic) bond motifs is 1. The van der Waals surface area contributed by atoms with Crippen molar-refractivity contribution < 1.29 is 18.8 Å². The molecule has 0 unspecified atom stereocenters. The Morgan fingerprint density at radius 2 is 2.12 bits per heavy atom. The van der Waals surface area contributed by atoms with Gasteiger partial charge in [0, 0.05) is 10.6 Å². The Hall–Kier alpha value is -2.86. The Kier molecular flexibility index (Phi) is 4.58. The number of aromatic nitrogens is 2. The molecule has 0 amide bonds. The monoisotopic (exact) mass is 370 g/mol. The predicted molar refractivity (Wildman–Crippen MR) is 93.7 cm³/mol. The quantitative estimate of drug-likeness (QED) is 0.652. The van der Waals surface area contributed by atoms with Crippen LogP contribution in [0.15, 0.2) is 53.1 Å². The van der Waals surface area contributed by atoms with Crippen LogP contribution in [0.4, 0.5) is 0 Å². The zero-order chi connectivity index (χ0) is 17.9. The largest absolute Gasteiger partial charge is 0.492 e. The standard InChI is InChI=1S/C19H15ClN2O4/c20-15-6-3-5-13(9-15)18-21-17(26-22-18)11-25-19(23)14-8-12-4-1-2-7-16(12)24-10-14/h1-7,9,14H,8,10-11H2/t14-/m0/s1. The molecule has 0 aliphatic carbocycles. The van der Waals surface area contributed by atoms with Crippen LogP contribution in [0.5, 0.6) is 5.75 Å². The predicted octanol–water partition coefficient (Wildman–Crippen LogP) is 3.68. The Bertz CT molecular complexity index is 941. The molecular formula is C19H15ClN2O4. The fraction of sp³-hybridized carbons (Fsp3) is 0.211. The maximum absolute atomic E-state index is 12.3. The molecule has 0 saturated carbocycles. The Labute approximate surface area is 154 Å². The molecule has 4 rings (SSSR count). The number of esters is 1. The van der Waals surface area contributed by atoms with Gasteiger partial charge in [-0.05, 0) is 30.2 Å². The summed E-state index contributed by atoms with van der Waals surface area (Å²) in [5.74, 6) is 0.751. The summed E-state index contributed by atoms with van der Waals surface area (Å²) >= 11 is 5.96. The summed E-state index contributed by atoms with van der Waals surface area (Å²) in [6, 6.07) is 14.8. The van der Waals surface area contributed by atoms with E-state index in [4.69, 9.17) is 25.6 Å². The summed E-state index contributed by atoms with van der Waals surface area (Å²) in [6.07, 6.45) is 0.590. The number of hydrogen-bond donors (Lipinski definition) is 0. The van der Waals surface area contributed by atoms with E-state index in [0.717, 1.165) is 16.9 Å². The second-order valence-electron chi connectivity index (χ2n) is 5.95. The fourth-order valence-corrected chi connectivity index (χ4v) is 2.98. The van der Waals surface area contributed by atoms with Gasteiger partial charge < -0.3 is 14.0 Å². The first-order chi connectivity index (χ1) is 12.7. The van der Waals surface area contributed by atoms with Gasteiger partial charge in [-0.15, -0.1) is 0 Å². The van der Waals surface area contributed by atoms with Gasteiger partial charge in [0.15, 0.2) is 6.61 Å². The molecule has 1 aromatic heterocycles. The molecule has 0 bridgehead atoms.